The normalized spacial score (nSPS) is 22.7. The Morgan fingerprint density at radius 1 is 1.32 bits per heavy atom. The number of aromatic nitrogens is 1. The Morgan fingerprint density at radius 3 is 2.72 bits per heavy atom. The monoisotopic (exact) mass is 365 g/mol. The molecule has 6 nitrogen and oxygen atoms in total. The third-order valence-corrected chi connectivity index (χ3v) is 6.12. The molecule has 1 unspecified atom stereocenters. The summed E-state index contributed by atoms with van der Waals surface area (Å²) in [7, 11) is 2.20. The Bertz CT molecular complexity index is 568. The zero-order valence-electron chi connectivity index (χ0n) is 15.7. The first-order chi connectivity index (χ1) is 12.0. The molecule has 0 spiro atoms. The van der Waals surface area contributed by atoms with Crippen LogP contribution in [-0.2, 0) is 11.3 Å². The van der Waals surface area contributed by atoms with E-state index in [1.54, 1.807) is 11.3 Å². The van der Waals surface area contributed by atoms with E-state index in [4.69, 9.17) is 4.98 Å². The summed E-state index contributed by atoms with van der Waals surface area (Å²) in [5.74, 6) is 0.370. The van der Waals surface area contributed by atoms with Crippen LogP contribution in [0.5, 0.6) is 0 Å². The fraction of sp³-hybridized carbons (Fsp3) is 0.778. The fourth-order valence-corrected chi connectivity index (χ4v) is 4.34. The van der Waals surface area contributed by atoms with Gasteiger partial charge in [0.05, 0.1) is 5.69 Å². The van der Waals surface area contributed by atoms with Gasteiger partial charge in [-0.05, 0) is 26.4 Å². The van der Waals surface area contributed by atoms with E-state index >= 15 is 0 Å². The molecule has 3 rings (SSSR count). The molecule has 3 heterocycles. The van der Waals surface area contributed by atoms with E-state index in [1.165, 1.54) is 19.4 Å². The van der Waals surface area contributed by atoms with Crippen LogP contribution in [0.1, 0.15) is 32.4 Å². The van der Waals surface area contributed by atoms with E-state index in [0.29, 0.717) is 6.04 Å². The summed E-state index contributed by atoms with van der Waals surface area (Å²) in [6.45, 7) is 10.6. The number of carbonyl (C=O) groups is 1. The number of carbonyl (C=O) groups excluding carboxylic acids is 1. The second-order valence-corrected chi connectivity index (χ2v) is 8.42. The molecule has 140 valence electrons. The maximum Gasteiger partial charge on any atom is 0.225 e. The van der Waals surface area contributed by atoms with E-state index in [9.17, 15) is 4.79 Å². The number of likely N-dealkylation sites (N-methyl/N-ethyl adjacent to an activating group) is 1. The minimum atomic E-state index is 0.0950. The highest BCUT2D eigenvalue weighted by Crippen LogP contribution is 2.20. The van der Waals surface area contributed by atoms with Crippen LogP contribution in [0.3, 0.4) is 0 Å². The van der Waals surface area contributed by atoms with Crippen molar-refractivity contribution in [1.82, 2.24) is 19.7 Å². The number of nitrogens with zero attached hydrogens (tertiary/aromatic N) is 4. The molecular weight excluding hydrogens is 334 g/mol. The van der Waals surface area contributed by atoms with Gasteiger partial charge in [0.1, 0.15) is 0 Å². The van der Waals surface area contributed by atoms with E-state index in [1.807, 2.05) is 18.7 Å². The van der Waals surface area contributed by atoms with Gasteiger partial charge in [-0.1, -0.05) is 13.8 Å². The second-order valence-electron chi connectivity index (χ2n) is 7.56. The SMILES string of the molecule is CC(C)C(=O)N1CCN(Cc2csc(NCC3CCCN3C)n2)CC1. The highest BCUT2D eigenvalue weighted by Gasteiger charge is 2.23. The number of thiazole rings is 1. The first-order valence-electron chi connectivity index (χ1n) is 9.42. The first kappa shape index (κ1) is 18.6. The van der Waals surface area contributed by atoms with Crippen molar-refractivity contribution in [3.05, 3.63) is 11.1 Å². The van der Waals surface area contributed by atoms with Crippen molar-refractivity contribution in [3.63, 3.8) is 0 Å². The lowest BCUT2D eigenvalue weighted by Crippen LogP contribution is -2.49. The largest absolute Gasteiger partial charge is 0.360 e. The molecule has 2 fully saturated rings. The number of nitrogens with one attached hydrogen (secondary N) is 1. The predicted octanol–water partition coefficient (Wildman–Crippen LogP) is 1.95. The van der Waals surface area contributed by atoms with Crippen molar-refractivity contribution in [2.45, 2.75) is 39.3 Å². The molecule has 1 aromatic heterocycles. The van der Waals surface area contributed by atoms with Crippen molar-refractivity contribution in [2.24, 2.45) is 5.92 Å². The van der Waals surface area contributed by atoms with Gasteiger partial charge in [0.15, 0.2) is 5.13 Å². The van der Waals surface area contributed by atoms with Crippen LogP contribution in [0.4, 0.5) is 5.13 Å². The Hall–Kier alpha value is -1.18. The van der Waals surface area contributed by atoms with E-state index < -0.39 is 0 Å². The summed E-state index contributed by atoms with van der Waals surface area (Å²) < 4.78 is 0. The van der Waals surface area contributed by atoms with E-state index in [-0.39, 0.29) is 11.8 Å². The molecule has 0 saturated carbocycles. The number of likely N-dealkylation sites (tertiary alicyclic amines) is 1. The Labute approximate surface area is 155 Å². The van der Waals surface area contributed by atoms with Crippen LogP contribution < -0.4 is 5.32 Å². The van der Waals surface area contributed by atoms with Crippen molar-refractivity contribution in [2.75, 3.05) is 51.6 Å². The average Bonchev–Trinajstić information content (AvgIpc) is 3.21. The third kappa shape index (κ3) is 4.92. The lowest BCUT2D eigenvalue weighted by atomic mass is 10.1. The number of hydrogen-bond acceptors (Lipinski definition) is 6. The van der Waals surface area contributed by atoms with Crippen molar-refractivity contribution < 1.29 is 4.79 Å². The molecule has 1 N–H and O–H groups in total. The van der Waals surface area contributed by atoms with Gasteiger partial charge in [-0.25, -0.2) is 4.98 Å². The average molecular weight is 366 g/mol. The molecule has 2 saturated heterocycles. The molecular formula is C18H31N5OS. The smallest absolute Gasteiger partial charge is 0.225 e. The van der Waals surface area contributed by atoms with Crippen LogP contribution in [0.15, 0.2) is 5.38 Å². The van der Waals surface area contributed by atoms with Crippen molar-refractivity contribution in [1.29, 1.82) is 0 Å². The Balaban J connectivity index is 1.42. The third-order valence-electron chi connectivity index (χ3n) is 5.28. The van der Waals surface area contributed by atoms with Gasteiger partial charge in [0, 0.05) is 56.6 Å². The zero-order valence-corrected chi connectivity index (χ0v) is 16.5. The molecule has 0 bridgehead atoms. The van der Waals surface area contributed by atoms with E-state index in [2.05, 4.69) is 27.5 Å². The molecule has 0 aliphatic carbocycles. The molecule has 1 aromatic rings. The van der Waals surface area contributed by atoms with E-state index in [0.717, 1.165) is 50.1 Å². The predicted molar refractivity (Wildman–Crippen MR) is 103 cm³/mol. The maximum atomic E-state index is 12.1. The first-order valence-corrected chi connectivity index (χ1v) is 10.3. The van der Waals surface area contributed by atoms with Gasteiger partial charge in [0.2, 0.25) is 5.91 Å². The van der Waals surface area contributed by atoms with Gasteiger partial charge < -0.3 is 15.1 Å². The van der Waals surface area contributed by atoms with Crippen LogP contribution in [0.2, 0.25) is 0 Å². The second kappa shape index (κ2) is 8.47. The van der Waals surface area contributed by atoms with Gasteiger partial charge in [0.25, 0.3) is 0 Å². The number of rotatable bonds is 6. The highest BCUT2D eigenvalue weighted by atomic mass is 32.1. The minimum absolute atomic E-state index is 0.0950. The van der Waals surface area contributed by atoms with Gasteiger partial charge in [-0.2, -0.15) is 0 Å². The van der Waals surface area contributed by atoms with Gasteiger partial charge in [-0.3, -0.25) is 9.69 Å². The molecule has 2 aliphatic heterocycles. The molecule has 1 atom stereocenters. The van der Waals surface area contributed by atoms with Crippen LogP contribution >= 0.6 is 11.3 Å². The summed E-state index contributed by atoms with van der Waals surface area (Å²) in [5, 5.41) is 6.69. The van der Waals surface area contributed by atoms with Crippen molar-refractivity contribution >= 4 is 22.4 Å². The summed E-state index contributed by atoms with van der Waals surface area (Å²) in [6, 6.07) is 0.638. The molecule has 25 heavy (non-hydrogen) atoms. The number of piperazine rings is 1. The maximum absolute atomic E-state index is 12.1. The minimum Gasteiger partial charge on any atom is -0.360 e. The molecule has 1 amide bonds. The quantitative estimate of drug-likeness (QED) is 0.835. The summed E-state index contributed by atoms with van der Waals surface area (Å²) in [4.78, 5) is 23.6. The number of amides is 1. The van der Waals surface area contributed by atoms with Gasteiger partial charge >= 0.3 is 0 Å². The standard InChI is InChI=1S/C18H31N5OS/c1-14(2)17(24)23-9-7-22(8-10-23)12-15-13-25-18(20-15)19-11-16-5-4-6-21(16)3/h13-14,16H,4-12H2,1-3H3,(H,19,20). The lowest BCUT2D eigenvalue weighted by molar-refractivity contribution is -0.136. The van der Waals surface area contributed by atoms with Crippen LogP contribution in [0, 0.1) is 5.92 Å². The van der Waals surface area contributed by atoms with Crippen molar-refractivity contribution in [3.8, 4) is 0 Å². The number of anilines is 1. The number of hydrogen-bond donors (Lipinski definition) is 1. The molecule has 0 radical (unpaired) electrons. The zero-order chi connectivity index (χ0) is 17.8. The van der Waals surface area contributed by atoms with Crippen LogP contribution in [-0.4, -0.2) is 77.9 Å². The van der Waals surface area contributed by atoms with Gasteiger partial charge in [-0.15, -0.1) is 11.3 Å². The topological polar surface area (TPSA) is 51.7 Å². The molecule has 0 aromatic carbocycles. The highest BCUT2D eigenvalue weighted by molar-refractivity contribution is 7.13. The van der Waals surface area contributed by atoms with Crippen LogP contribution in [0.25, 0.3) is 0 Å². The fourth-order valence-electron chi connectivity index (χ4n) is 3.62. The molecule has 2 aliphatic rings. The summed E-state index contributed by atoms with van der Waals surface area (Å²) >= 11 is 1.70. The Morgan fingerprint density at radius 2 is 2.08 bits per heavy atom. The Kier molecular flexibility index (Phi) is 6.30. The summed E-state index contributed by atoms with van der Waals surface area (Å²) in [6.07, 6.45) is 2.58. The summed E-state index contributed by atoms with van der Waals surface area (Å²) in [5.41, 5.74) is 1.14. The molecule has 7 heteroatoms. The lowest BCUT2D eigenvalue weighted by Gasteiger charge is -2.35.